The number of carbonyl (C=O) groups excluding carboxylic acids is 1. The van der Waals surface area contributed by atoms with E-state index in [1.54, 1.807) is 0 Å². The van der Waals surface area contributed by atoms with Gasteiger partial charge in [0.15, 0.2) is 5.96 Å². The Balaban J connectivity index is 1.48. The van der Waals surface area contributed by atoms with Crippen LogP contribution in [0.25, 0.3) is 0 Å². The number of rotatable bonds is 5. The van der Waals surface area contributed by atoms with Gasteiger partial charge in [0, 0.05) is 43.6 Å². The Morgan fingerprint density at radius 1 is 1.19 bits per heavy atom. The van der Waals surface area contributed by atoms with E-state index in [0.29, 0.717) is 18.0 Å². The molecule has 0 bridgehead atoms. The Bertz CT molecular complexity index is 620. The van der Waals surface area contributed by atoms with Crippen molar-refractivity contribution in [1.29, 1.82) is 0 Å². The van der Waals surface area contributed by atoms with Crippen molar-refractivity contribution < 1.29 is 4.79 Å². The number of aliphatic imine (C=N–C) groups is 1. The standard InChI is InChI=1S/C21H32N4O/c1-4-22-21(24-19-14-18(19)16-8-6-5-7-9-16)23-17-10-12-25(13-11-17)20(26)15(2)3/h5-9,15,17-19H,4,10-14H2,1-3H3,(H2,22,23,24). The molecule has 142 valence electrons. The van der Waals surface area contributed by atoms with Crippen molar-refractivity contribution in [3.05, 3.63) is 35.9 Å². The molecule has 1 aromatic rings. The first-order valence-electron chi connectivity index (χ1n) is 9.99. The van der Waals surface area contributed by atoms with Gasteiger partial charge >= 0.3 is 0 Å². The van der Waals surface area contributed by atoms with Crippen molar-refractivity contribution in [2.24, 2.45) is 10.9 Å². The first kappa shape index (κ1) is 18.7. The molecule has 26 heavy (non-hydrogen) atoms. The fourth-order valence-electron chi connectivity index (χ4n) is 3.69. The molecule has 2 atom stereocenters. The summed E-state index contributed by atoms with van der Waals surface area (Å²) in [4.78, 5) is 18.7. The zero-order chi connectivity index (χ0) is 18.5. The second kappa shape index (κ2) is 8.56. The van der Waals surface area contributed by atoms with Crippen molar-refractivity contribution in [2.45, 2.75) is 58.0 Å². The van der Waals surface area contributed by atoms with E-state index in [0.717, 1.165) is 44.9 Å². The predicted molar refractivity (Wildman–Crippen MR) is 106 cm³/mol. The van der Waals surface area contributed by atoms with Gasteiger partial charge in [0.1, 0.15) is 0 Å². The minimum absolute atomic E-state index is 0.0863. The normalized spacial score (nSPS) is 23.8. The highest BCUT2D eigenvalue weighted by Gasteiger charge is 2.39. The number of piperidine rings is 1. The molecule has 0 radical (unpaired) electrons. The van der Waals surface area contributed by atoms with Crippen LogP contribution < -0.4 is 10.6 Å². The highest BCUT2D eigenvalue weighted by Crippen LogP contribution is 2.40. The van der Waals surface area contributed by atoms with Crippen LogP contribution in [0.1, 0.15) is 51.5 Å². The lowest BCUT2D eigenvalue weighted by Crippen LogP contribution is -2.50. The van der Waals surface area contributed by atoms with Gasteiger partial charge in [-0.3, -0.25) is 9.79 Å². The fourth-order valence-corrected chi connectivity index (χ4v) is 3.69. The minimum atomic E-state index is 0.0863. The quantitative estimate of drug-likeness (QED) is 0.630. The van der Waals surface area contributed by atoms with E-state index < -0.39 is 0 Å². The molecule has 1 saturated carbocycles. The number of benzene rings is 1. The summed E-state index contributed by atoms with van der Waals surface area (Å²) < 4.78 is 0. The highest BCUT2D eigenvalue weighted by molar-refractivity contribution is 5.81. The van der Waals surface area contributed by atoms with Gasteiger partial charge in [-0.05, 0) is 31.7 Å². The molecule has 2 N–H and O–H groups in total. The summed E-state index contributed by atoms with van der Waals surface area (Å²) in [5.74, 6) is 1.87. The summed E-state index contributed by atoms with van der Waals surface area (Å²) >= 11 is 0. The second-order valence-corrected chi connectivity index (χ2v) is 7.73. The molecule has 3 rings (SSSR count). The molecule has 2 aliphatic rings. The van der Waals surface area contributed by atoms with Crippen LogP contribution in [0.2, 0.25) is 0 Å². The van der Waals surface area contributed by atoms with Crippen LogP contribution in [-0.2, 0) is 4.79 Å². The summed E-state index contributed by atoms with van der Waals surface area (Å²) in [6, 6.07) is 11.6. The SMILES string of the molecule is CCN=C(NC1CCN(C(=O)C(C)C)CC1)NC1CC1c1ccccc1. The molecular formula is C21H32N4O. The van der Waals surface area contributed by atoms with Gasteiger partial charge < -0.3 is 15.5 Å². The highest BCUT2D eigenvalue weighted by atomic mass is 16.2. The summed E-state index contributed by atoms with van der Waals surface area (Å²) in [6.07, 6.45) is 3.13. The summed E-state index contributed by atoms with van der Waals surface area (Å²) in [5, 5.41) is 7.19. The third kappa shape index (κ3) is 4.77. The largest absolute Gasteiger partial charge is 0.354 e. The third-order valence-corrected chi connectivity index (χ3v) is 5.30. The lowest BCUT2D eigenvalue weighted by molar-refractivity contribution is -0.135. The van der Waals surface area contributed by atoms with Crippen LogP contribution in [0.3, 0.4) is 0 Å². The number of nitrogens with zero attached hydrogens (tertiary/aromatic N) is 2. The van der Waals surface area contributed by atoms with Crippen molar-refractivity contribution >= 4 is 11.9 Å². The zero-order valence-electron chi connectivity index (χ0n) is 16.2. The first-order chi connectivity index (χ1) is 12.6. The lowest BCUT2D eigenvalue weighted by Gasteiger charge is -2.34. The first-order valence-corrected chi connectivity index (χ1v) is 9.99. The Kier molecular flexibility index (Phi) is 6.17. The van der Waals surface area contributed by atoms with Gasteiger partial charge in [-0.1, -0.05) is 44.2 Å². The van der Waals surface area contributed by atoms with E-state index in [1.165, 1.54) is 5.56 Å². The Hall–Kier alpha value is -2.04. The number of guanidine groups is 1. The molecule has 1 aliphatic carbocycles. The van der Waals surface area contributed by atoms with Crippen LogP contribution in [-0.4, -0.2) is 48.5 Å². The van der Waals surface area contributed by atoms with Gasteiger partial charge in [0.05, 0.1) is 0 Å². The molecule has 2 fully saturated rings. The van der Waals surface area contributed by atoms with Gasteiger partial charge in [-0.15, -0.1) is 0 Å². The monoisotopic (exact) mass is 356 g/mol. The zero-order valence-corrected chi connectivity index (χ0v) is 16.2. The number of likely N-dealkylation sites (tertiary alicyclic amines) is 1. The van der Waals surface area contributed by atoms with Crippen LogP contribution in [0.5, 0.6) is 0 Å². The molecule has 2 unspecified atom stereocenters. The maximum atomic E-state index is 12.1. The van der Waals surface area contributed by atoms with Gasteiger partial charge in [0.2, 0.25) is 5.91 Å². The average Bonchev–Trinajstić information content (AvgIpc) is 3.42. The molecule has 1 aromatic carbocycles. The van der Waals surface area contributed by atoms with Gasteiger partial charge in [-0.2, -0.15) is 0 Å². The summed E-state index contributed by atoms with van der Waals surface area (Å²) in [7, 11) is 0. The van der Waals surface area contributed by atoms with Gasteiger partial charge in [0.25, 0.3) is 0 Å². The summed E-state index contributed by atoms with van der Waals surface area (Å²) in [6.45, 7) is 8.45. The van der Waals surface area contributed by atoms with Crippen LogP contribution in [0, 0.1) is 5.92 Å². The fraction of sp³-hybridized carbons (Fsp3) is 0.619. The molecule has 1 amide bonds. The van der Waals surface area contributed by atoms with E-state index in [1.807, 2.05) is 18.7 Å². The Labute approximate surface area is 157 Å². The predicted octanol–water partition coefficient (Wildman–Crippen LogP) is 2.74. The maximum Gasteiger partial charge on any atom is 0.225 e. The number of carbonyl (C=O) groups is 1. The molecule has 1 aliphatic heterocycles. The van der Waals surface area contributed by atoms with Crippen LogP contribution in [0.4, 0.5) is 0 Å². The van der Waals surface area contributed by atoms with E-state index in [-0.39, 0.29) is 11.8 Å². The molecule has 1 saturated heterocycles. The third-order valence-electron chi connectivity index (χ3n) is 5.30. The molecule has 0 spiro atoms. The van der Waals surface area contributed by atoms with Crippen molar-refractivity contribution in [3.63, 3.8) is 0 Å². The Morgan fingerprint density at radius 3 is 2.50 bits per heavy atom. The van der Waals surface area contributed by atoms with E-state index in [4.69, 9.17) is 0 Å². The molecule has 5 nitrogen and oxygen atoms in total. The van der Waals surface area contributed by atoms with E-state index >= 15 is 0 Å². The molecule has 0 aromatic heterocycles. The molecule has 5 heteroatoms. The maximum absolute atomic E-state index is 12.1. The lowest BCUT2D eigenvalue weighted by atomic mass is 10.0. The molecular weight excluding hydrogens is 324 g/mol. The Morgan fingerprint density at radius 2 is 1.88 bits per heavy atom. The van der Waals surface area contributed by atoms with Crippen molar-refractivity contribution in [1.82, 2.24) is 15.5 Å². The number of hydrogen-bond donors (Lipinski definition) is 2. The minimum Gasteiger partial charge on any atom is -0.354 e. The van der Waals surface area contributed by atoms with Crippen molar-refractivity contribution in [3.8, 4) is 0 Å². The number of nitrogens with one attached hydrogen (secondary N) is 2. The van der Waals surface area contributed by atoms with E-state index in [9.17, 15) is 4.79 Å². The molecule has 1 heterocycles. The van der Waals surface area contributed by atoms with E-state index in [2.05, 4.69) is 52.9 Å². The average molecular weight is 357 g/mol. The van der Waals surface area contributed by atoms with Crippen LogP contribution in [0.15, 0.2) is 35.3 Å². The van der Waals surface area contributed by atoms with Crippen molar-refractivity contribution in [2.75, 3.05) is 19.6 Å². The topological polar surface area (TPSA) is 56.7 Å². The second-order valence-electron chi connectivity index (χ2n) is 7.73. The van der Waals surface area contributed by atoms with Crippen LogP contribution >= 0.6 is 0 Å². The number of amides is 1. The van der Waals surface area contributed by atoms with Gasteiger partial charge in [-0.25, -0.2) is 0 Å². The number of hydrogen-bond acceptors (Lipinski definition) is 2. The summed E-state index contributed by atoms with van der Waals surface area (Å²) in [5.41, 5.74) is 1.40. The smallest absolute Gasteiger partial charge is 0.225 e.